The van der Waals surface area contributed by atoms with E-state index in [2.05, 4.69) is 42.2 Å². The number of hydrogen-bond acceptors (Lipinski definition) is 0. The number of aromatic nitrogens is 1. The Morgan fingerprint density at radius 1 is 1.40 bits per heavy atom. The Morgan fingerprint density at radius 3 is 2.80 bits per heavy atom. The van der Waals surface area contributed by atoms with Crippen molar-refractivity contribution < 1.29 is 28.6 Å². The highest BCUT2D eigenvalue weighted by Gasteiger charge is 2.22. The van der Waals surface area contributed by atoms with Crippen LogP contribution >= 0.6 is 0 Å². The third-order valence-electron chi connectivity index (χ3n) is 3.10. The molecule has 0 fully saturated rings. The smallest absolute Gasteiger partial charge is 0.199 e. The van der Waals surface area contributed by atoms with E-state index in [1.165, 1.54) is 29.9 Å². The van der Waals surface area contributed by atoms with Crippen LogP contribution in [0.5, 0.6) is 0 Å². The Kier molecular flexibility index (Phi) is 4.37. The quantitative estimate of drug-likeness (QED) is 0.491. The molecule has 2 nitrogen and oxygen atoms in total. The average Bonchev–Trinajstić information content (AvgIpc) is 2.53. The second-order valence-corrected chi connectivity index (χ2v) is 4.13. The van der Waals surface area contributed by atoms with E-state index >= 15 is 0 Å². The van der Waals surface area contributed by atoms with Crippen LogP contribution in [-0.2, 0) is 6.54 Å². The Bertz CT molecular complexity index is 377. The van der Waals surface area contributed by atoms with Crippen LogP contribution in [0, 0.1) is 6.92 Å². The fourth-order valence-electron chi connectivity index (χ4n) is 2.25. The molecular weight excluding hydrogens is 299 g/mol. The van der Waals surface area contributed by atoms with Gasteiger partial charge in [0.05, 0.1) is 6.54 Å². The van der Waals surface area contributed by atoms with Crippen LogP contribution in [0.25, 0.3) is 0 Å². The highest BCUT2D eigenvalue weighted by molar-refractivity contribution is 5.95. The minimum absolute atomic E-state index is 0. The van der Waals surface area contributed by atoms with E-state index in [9.17, 15) is 0 Å². The van der Waals surface area contributed by atoms with Gasteiger partial charge in [0.1, 0.15) is 12.7 Å². The molecule has 0 saturated heterocycles. The van der Waals surface area contributed by atoms with Gasteiger partial charge in [-0.05, 0) is 25.5 Å². The highest BCUT2D eigenvalue weighted by Crippen LogP contribution is 2.15. The zero-order valence-electron chi connectivity index (χ0n) is 9.76. The van der Waals surface area contributed by atoms with Crippen LogP contribution < -0.4 is 24.0 Å². The SMILES string of the molecule is CCCC1=[N+](C)CCn2c(C)ccc21.[I-]. The topological polar surface area (TPSA) is 7.94 Å². The van der Waals surface area contributed by atoms with Crippen LogP contribution in [0.15, 0.2) is 12.1 Å². The zero-order chi connectivity index (χ0) is 10.1. The number of hydrogen-bond donors (Lipinski definition) is 0. The van der Waals surface area contributed by atoms with E-state index in [-0.39, 0.29) is 24.0 Å². The van der Waals surface area contributed by atoms with E-state index < -0.39 is 0 Å². The Balaban J connectivity index is 0.00000112. The van der Waals surface area contributed by atoms with E-state index in [0.29, 0.717) is 0 Å². The lowest BCUT2D eigenvalue weighted by Gasteiger charge is -2.17. The summed E-state index contributed by atoms with van der Waals surface area (Å²) in [5, 5.41) is 0. The van der Waals surface area contributed by atoms with Crippen molar-refractivity contribution in [3.63, 3.8) is 0 Å². The highest BCUT2D eigenvalue weighted by atomic mass is 127. The lowest BCUT2D eigenvalue weighted by Crippen LogP contribution is -3.00. The van der Waals surface area contributed by atoms with Crippen molar-refractivity contribution in [2.24, 2.45) is 0 Å². The summed E-state index contributed by atoms with van der Waals surface area (Å²) in [4.78, 5) is 0. The molecule has 1 aliphatic rings. The number of nitrogens with zero attached hydrogens (tertiary/aromatic N) is 2. The molecule has 0 aromatic carbocycles. The van der Waals surface area contributed by atoms with Crippen LogP contribution in [0.4, 0.5) is 0 Å². The van der Waals surface area contributed by atoms with Gasteiger partial charge >= 0.3 is 0 Å². The first-order valence-corrected chi connectivity index (χ1v) is 5.47. The summed E-state index contributed by atoms with van der Waals surface area (Å²) in [6.45, 7) is 6.73. The third-order valence-corrected chi connectivity index (χ3v) is 3.10. The van der Waals surface area contributed by atoms with Crippen molar-refractivity contribution in [2.75, 3.05) is 13.6 Å². The number of rotatable bonds is 2. The minimum Gasteiger partial charge on any atom is -1.00 e. The largest absolute Gasteiger partial charge is 1.00 e. The number of aryl methyl sites for hydroxylation is 1. The molecule has 0 bridgehead atoms. The van der Waals surface area contributed by atoms with Gasteiger partial charge in [0.25, 0.3) is 0 Å². The molecule has 3 heteroatoms. The molecule has 0 N–H and O–H groups in total. The van der Waals surface area contributed by atoms with E-state index in [1.807, 2.05) is 0 Å². The van der Waals surface area contributed by atoms with Crippen molar-refractivity contribution in [3.05, 3.63) is 23.5 Å². The molecule has 1 aromatic rings. The van der Waals surface area contributed by atoms with Crippen LogP contribution in [0.1, 0.15) is 31.2 Å². The molecule has 84 valence electrons. The predicted octanol–water partition coefficient (Wildman–Crippen LogP) is -0.954. The molecule has 1 aromatic heterocycles. The molecule has 0 atom stereocenters. The fourth-order valence-corrected chi connectivity index (χ4v) is 2.25. The maximum atomic E-state index is 2.44. The van der Waals surface area contributed by atoms with Gasteiger partial charge in [0, 0.05) is 12.1 Å². The summed E-state index contributed by atoms with van der Waals surface area (Å²) in [5.74, 6) is 0. The van der Waals surface area contributed by atoms with E-state index in [4.69, 9.17) is 0 Å². The molecule has 0 unspecified atom stereocenters. The number of likely N-dealkylation sites (N-methyl/N-ethyl adjacent to an activating group) is 1. The van der Waals surface area contributed by atoms with Gasteiger partial charge in [-0.15, -0.1) is 0 Å². The lowest BCUT2D eigenvalue weighted by atomic mass is 10.1. The molecular formula is C12H19IN2. The molecule has 15 heavy (non-hydrogen) atoms. The second kappa shape index (κ2) is 5.14. The molecule has 0 amide bonds. The molecule has 0 aliphatic carbocycles. The van der Waals surface area contributed by atoms with E-state index in [1.54, 1.807) is 0 Å². The summed E-state index contributed by atoms with van der Waals surface area (Å²) in [7, 11) is 2.21. The third kappa shape index (κ3) is 2.27. The fraction of sp³-hybridized carbons (Fsp3) is 0.583. The molecule has 0 radical (unpaired) electrons. The Morgan fingerprint density at radius 2 is 2.13 bits per heavy atom. The molecule has 0 spiro atoms. The predicted molar refractivity (Wildman–Crippen MR) is 59.2 cm³/mol. The Labute approximate surface area is 109 Å². The van der Waals surface area contributed by atoms with Gasteiger partial charge in [-0.1, -0.05) is 6.92 Å². The molecule has 2 rings (SSSR count). The standard InChI is InChI=1S/C12H19N2.HI/c1-4-5-11-12-7-6-10(2)14(12)9-8-13(11)3;/h6-7H,4-5,8-9H2,1-3H3;1H/q+1;/p-1. The van der Waals surface area contributed by atoms with Gasteiger partial charge in [-0.2, -0.15) is 0 Å². The molecule has 1 aliphatic heterocycles. The van der Waals surface area contributed by atoms with Gasteiger partial charge in [-0.3, -0.25) is 0 Å². The minimum atomic E-state index is 0. The normalized spacial score (nSPS) is 14.9. The molecule has 0 saturated carbocycles. The van der Waals surface area contributed by atoms with Crippen molar-refractivity contribution in [1.29, 1.82) is 0 Å². The Hall–Kier alpha value is -0.320. The van der Waals surface area contributed by atoms with Crippen LogP contribution in [0.3, 0.4) is 0 Å². The maximum Gasteiger partial charge on any atom is 0.199 e. The van der Waals surface area contributed by atoms with Crippen LogP contribution in [-0.4, -0.2) is 28.4 Å². The number of fused-ring (bicyclic) bond motifs is 1. The van der Waals surface area contributed by atoms with Crippen molar-refractivity contribution in [1.82, 2.24) is 4.57 Å². The van der Waals surface area contributed by atoms with Gasteiger partial charge in [-0.25, -0.2) is 4.58 Å². The second-order valence-electron chi connectivity index (χ2n) is 4.13. The van der Waals surface area contributed by atoms with Crippen molar-refractivity contribution in [3.8, 4) is 0 Å². The maximum absolute atomic E-state index is 2.44. The van der Waals surface area contributed by atoms with Gasteiger partial charge in [0.15, 0.2) is 12.3 Å². The van der Waals surface area contributed by atoms with Crippen molar-refractivity contribution >= 4 is 5.71 Å². The molecule has 2 heterocycles. The van der Waals surface area contributed by atoms with Gasteiger partial charge < -0.3 is 28.5 Å². The summed E-state index contributed by atoms with van der Waals surface area (Å²) < 4.78 is 4.84. The van der Waals surface area contributed by atoms with Crippen LogP contribution in [0.2, 0.25) is 0 Å². The van der Waals surface area contributed by atoms with Gasteiger partial charge in [0.2, 0.25) is 0 Å². The summed E-state index contributed by atoms with van der Waals surface area (Å²) in [6.07, 6.45) is 2.42. The summed E-state index contributed by atoms with van der Waals surface area (Å²) in [6, 6.07) is 4.49. The summed E-state index contributed by atoms with van der Waals surface area (Å²) >= 11 is 0. The average molecular weight is 318 g/mol. The number of halogens is 1. The van der Waals surface area contributed by atoms with E-state index in [0.717, 1.165) is 13.1 Å². The lowest BCUT2D eigenvalue weighted by molar-refractivity contribution is -0.502. The first-order chi connectivity index (χ1) is 6.74. The first-order valence-electron chi connectivity index (χ1n) is 5.47. The summed E-state index contributed by atoms with van der Waals surface area (Å²) in [5.41, 5.74) is 4.33. The zero-order valence-corrected chi connectivity index (χ0v) is 11.9. The first kappa shape index (κ1) is 12.7. The van der Waals surface area contributed by atoms with Crippen molar-refractivity contribution in [2.45, 2.75) is 33.2 Å². The monoisotopic (exact) mass is 318 g/mol.